The molecule has 262 valence electrons. The van der Waals surface area contributed by atoms with E-state index in [1.54, 1.807) is 0 Å². The first-order valence-electron chi connectivity index (χ1n) is 18.7. The molecule has 0 spiro atoms. The standard InChI is InChI=1S/C51H31N3OS/c1-4-14-32(15-5-1)35-20-12-21-36(28-35)38-29-43(47-42-22-10-11-25-44(42)55-45(47)30-38)41-24-13-23-40-39-27-26-37(31-46(39)56-48(40)41)51-53-49(33-16-6-2-7-17-33)52-50(54-51)34-18-8-3-9-19-34/h1-31H. The minimum absolute atomic E-state index is 0.647. The van der Waals surface area contributed by atoms with Crippen molar-refractivity contribution >= 4 is 53.4 Å². The van der Waals surface area contributed by atoms with E-state index in [0.29, 0.717) is 17.5 Å². The lowest BCUT2D eigenvalue weighted by Gasteiger charge is -2.11. The van der Waals surface area contributed by atoms with Crippen LogP contribution in [-0.2, 0) is 0 Å². The number of hydrogen-bond acceptors (Lipinski definition) is 5. The summed E-state index contributed by atoms with van der Waals surface area (Å²) >= 11 is 1.81. The van der Waals surface area contributed by atoms with Gasteiger partial charge in [-0.05, 0) is 58.1 Å². The number of para-hydroxylation sites is 1. The molecule has 0 aliphatic heterocycles. The number of fused-ring (bicyclic) bond motifs is 6. The van der Waals surface area contributed by atoms with Crippen molar-refractivity contribution in [2.75, 3.05) is 0 Å². The summed E-state index contributed by atoms with van der Waals surface area (Å²) in [5, 5.41) is 4.66. The summed E-state index contributed by atoms with van der Waals surface area (Å²) in [6.07, 6.45) is 0. The molecule has 5 heteroatoms. The van der Waals surface area contributed by atoms with E-state index in [1.165, 1.54) is 36.9 Å². The Morgan fingerprint density at radius 1 is 0.339 bits per heavy atom. The number of benzene rings is 8. The fraction of sp³-hybridized carbons (Fsp3) is 0. The Morgan fingerprint density at radius 3 is 1.62 bits per heavy atom. The van der Waals surface area contributed by atoms with Gasteiger partial charge >= 0.3 is 0 Å². The van der Waals surface area contributed by atoms with E-state index < -0.39 is 0 Å². The van der Waals surface area contributed by atoms with E-state index in [2.05, 4.69) is 121 Å². The first kappa shape index (κ1) is 32.2. The van der Waals surface area contributed by atoms with Crippen molar-refractivity contribution < 1.29 is 4.42 Å². The highest BCUT2D eigenvalue weighted by Gasteiger charge is 2.20. The normalized spacial score (nSPS) is 11.6. The van der Waals surface area contributed by atoms with E-state index in [1.807, 2.05) is 78.1 Å². The molecule has 0 N–H and O–H groups in total. The van der Waals surface area contributed by atoms with Crippen molar-refractivity contribution in [3.8, 4) is 67.5 Å². The second-order valence-electron chi connectivity index (χ2n) is 14.0. The molecule has 8 aromatic carbocycles. The molecule has 0 saturated carbocycles. The van der Waals surface area contributed by atoms with Crippen molar-refractivity contribution in [1.29, 1.82) is 0 Å². The summed E-state index contributed by atoms with van der Waals surface area (Å²) in [5.41, 5.74) is 11.6. The summed E-state index contributed by atoms with van der Waals surface area (Å²) in [4.78, 5) is 14.9. The van der Waals surface area contributed by atoms with Crippen LogP contribution in [0.25, 0.3) is 110 Å². The fourth-order valence-corrected chi connectivity index (χ4v) is 9.10. The fourth-order valence-electron chi connectivity index (χ4n) is 7.83. The van der Waals surface area contributed by atoms with Crippen LogP contribution < -0.4 is 0 Å². The molecule has 0 unspecified atom stereocenters. The average Bonchev–Trinajstić information content (AvgIpc) is 3.85. The Labute approximate surface area is 327 Å². The van der Waals surface area contributed by atoms with Gasteiger partial charge in [0, 0.05) is 53.2 Å². The summed E-state index contributed by atoms with van der Waals surface area (Å²) in [6.45, 7) is 0. The molecule has 0 fully saturated rings. The zero-order valence-corrected chi connectivity index (χ0v) is 30.9. The van der Waals surface area contributed by atoms with Gasteiger partial charge in [-0.15, -0.1) is 11.3 Å². The number of aromatic nitrogens is 3. The molecule has 4 nitrogen and oxygen atoms in total. The van der Waals surface area contributed by atoms with E-state index in [4.69, 9.17) is 19.4 Å². The third kappa shape index (κ3) is 5.56. The van der Waals surface area contributed by atoms with Gasteiger partial charge in [-0.2, -0.15) is 0 Å². The molecule has 0 saturated heterocycles. The zero-order chi connectivity index (χ0) is 37.0. The lowest BCUT2D eigenvalue weighted by Crippen LogP contribution is -1.99. The predicted octanol–water partition coefficient (Wildman–Crippen LogP) is 14.1. The third-order valence-corrected chi connectivity index (χ3v) is 11.7. The van der Waals surface area contributed by atoms with Crippen molar-refractivity contribution in [1.82, 2.24) is 15.0 Å². The topological polar surface area (TPSA) is 51.8 Å². The molecule has 56 heavy (non-hydrogen) atoms. The quantitative estimate of drug-likeness (QED) is 0.171. The molecular formula is C51H31N3OS. The number of hydrogen-bond donors (Lipinski definition) is 0. The Balaban J connectivity index is 1.09. The van der Waals surface area contributed by atoms with Crippen LogP contribution in [0.4, 0.5) is 0 Å². The first-order chi connectivity index (χ1) is 27.7. The molecule has 0 aliphatic rings. The van der Waals surface area contributed by atoms with Crippen LogP contribution >= 0.6 is 11.3 Å². The van der Waals surface area contributed by atoms with Gasteiger partial charge < -0.3 is 4.42 Å². The summed E-state index contributed by atoms with van der Waals surface area (Å²) < 4.78 is 9.00. The Hall–Kier alpha value is -7.21. The molecular weight excluding hydrogens is 703 g/mol. The van der Waals surface area contributed by atoms with Crippen LogP contribution in [0.1, 0.15) is 0 Å². The lowest BCUT2D eigenvalue weighted by molar-refractivity contribution is 0.669. The Kier molecular flexibility index (Phi) is 7.64. The maximum Gasteiger partial charge on any atom is 0.164 e. The van der Waals surface area contributed by atoms with Crippen molar-refractivity contribution in [3.63, 3.8) is 0 Å². The highest BCUT2D eigenvalue weighted by atomic mass is 32.1. The number of thiophene rings is 1. The minimum atomic E-state index is 0.647. The van der Waals surface area contributed by atoms with E-state index in [9.17, 15) is 0 Å². The molecule has 3 heterocycles. The van der Waals surface area contributed by atoms with Gasteiger partial charge in [-0.1, -0.05) is 158 Å². The molecule has 0 radical (unpaired) electrons. The van der Waals surface area contributed by atoms with Crippen molar-refractivity contribution in [2.24, 2.45) is 0 Å². The molecule has 11 aromatic rings. The van der Waals surface area contributed by atoms with Crippen LogP contribution in [0, 0.1) is 0 Å². The summed E-state index contributed by atoms with van der Waals surface area (Å²) in [7, 11) is 0. The molecule has 0 bridgehead atoms. The summed E-state index contributed by atoms with van der Waals surface area (Å²) in [5.74, 6) is 1.95. The highest BCUT2D eigenvalue weighted by molar-refractivity contribution is 7.26. The van der Waals surface area contributed by atoms with Gasteiger partial charge in [0.2, 0.25) is 0 Å². The molecule has 0 amide bonds. The largest absolute Gasteiger partial charge is 0.456 e. The van der Waals surface area contributed by atoms with Crippen LogP contribution in [0.5, 0.6) is 0 Å². The number of nitrogens with zero attached hydrogens (tertiary/aromatic N) is 3. The van der Waals surface area contributed by atoms with E-state index in [0.717, 1.165) is 55.3 Å². The Morgan fingerprint density at radius 2 is 0.911 bits per heavy atom. The zero-order valence-electron chi connectivity index (χ0n) is 30.1. The number of furan rings is 1. The number of rotatable bonds is 6. The monoisotopic (exact) mass is 733 g/mol. The minimum Gasteiger partial charge on any atom is -0.456 e. The van der Waals surface area contributed by atoms with Gasteiger partial charge in [0.25, 0.3) is 0 Å². The molecule has 11 rings (SSSR count). The van der Waals surface area contributed by atoms with Crippen molar-refractivity contribution in [2.45, 2.75) is 0 Å². The van der Waals surface area contributed by atoms with Crippen LogP contribution in [-0.4, -0.2) is 15.0 Å². The second-order valence-corrected chi connectivity index (χ2v) is 15.0. The van der Waals surface area contributed by atoms with Gasteiger partial charge in [0.1, 0.15) is 11.2 Å². The lowest BCUT2D eigenvalue weighted by atomic mass is 9.92. The average molecular weight is 734 g/mol. The van der Waals surface area contributed by atoms with Crippen molar-refractivity contribution in [3.05, 3.63) is 188 Å². The maximum absolute atomic E-state index is 6.59. The van der Waals surface area contributed by atoms with Gasteiger partial charge in [-0.3, -0.25) is 0 Å². The van der Waals surface area contributed by atoms with E-state index in [-0.39, 0.29) is 0 Å². The molecule has 0 aliphatic carbocycles. The molecule has 0 atom stereocenters. The predicted molar refractivity (Wildman–Crippen MR) is 233 cm³/mol. The smallest absolute Gasteiger partial charge is 0.164 e. The second kappa shape index (κ2) is 13.3. The third-order valence-electron chi connectivity index (χ3n) is 10.5. The first-order valence-corrected chi connectivity index (χ1v) is 19.5. The Bertz CT molecular complexity index is 3180. The summed E-state index contributed by atoms with van der Waals surface area (Å²) in [6, 6.07) is 65.7. The van der Waals surface area contributed by atoms with Gasteiger partial charge in [0.05, 0.1) is 0 Å². The SMILES string of the molecule is c1ccc(-c2cccc(-c3cc(-c4cccc5c4sc4cc(-c6nc(-c7ccccc7)nc(-c7ccccc7)n6)ccc45)c4c(c3)oc3ccccc34)c2)cc1. The van der Waals surface area contributed by atoms with E-state index >= 15 is 0 Å². The highest BCUT2D eigenvalue weighted by Crippen LogP contribution is 2.46. The van der Waals surface area contributed by atoms with Crippen LogP contribution in [0.15, 0.2) is 192 Å². The van der Waals surface area contributed by atoms with Gasteiger partial charge in [-0.25, -0.2) is 15.0 Å². The van der Waals surface area contributed by atoms with Gasteiger partial charge in [0.15, 0.2) is 17.5 Å². The van der Waals surface area contributed by atoms with Crippen LogP contribution in [0.2, 0.25) is 0 Å². The molecule has 3 aromatic heterocycles. The maximum atomic E-state index is 6.59. The van der Waals surface area contributed by atoms with Crippen LogP contribution in [0.3, 0.4) is 0 Å².